The van der Waals surface area contributed by atoms with Crippen molar-refractivity contribution in [2.45, 2.75) is 10.8 Å². The number of rotatable bonds is 8. The summed E-state index contributed by atoms with van der Waals surface area (Å²) in [6, 6.07) is 109. The van der Waals surface area contributed by atoms with Gasteiger partial charge >= 0.3 is 0 Å². The lowest BCUT2D eigenvalue weighted by molar-refractivity contribution is 0.616. The summed E-state index contributed by atoms with van der Waals surface area (Å²) < 4.78 is 5.72. The van der Waals surface area contributed by atoms with Crippen LogP contribution in [0.1, 0.15) is 44.5 Å². The van der Waals surface area contributed by atoms with E-state index >= 15 is 0 Å². The van der Waals surface area contributed by atoms with Gasteiger partial charge in [-0.1, -0.05) is 231 Å². The summed E-state index contributed by atoms with van der Waals surface area (Å²) in [5, 5.41) is 8.45. The van der Waals surface area contributed by atoms with Gasteiger partial charge in [0, 0.05) is 22.4 Å². The van der Waals surface area contributed by atoms with Crippen molar-refractivity contribution >= 4 is 60.3 Å². The van der Waals surface area contributed by atoms with Gasteiger partial charge in [0.25, 0.3) is 0 Å². The smallest absolute Gasteiger partial charge is 0.133 e. The number of nitrogens with zero attached hydrogens (tertiary/aromatic N) is 1. The van der Waals surface area contributed by atoms with Crippen LogP contribution < -0.4 is 4.90 Å². The third-order valence-corrected chi connectivity index (χ3v) is 17.3. The van der Waals surface area contributed by atoms with E-state index in [0.29, 0.717) is 0 Å². The molecule has 78 heavy (non-hydrogen) atoms. The highest BCUT2D eigenvalue weighted by molar-refractivity contribution is 6.26. The van der Waals surface area contributed by atoms with Gasteiger partial charge in [-0.2, -0.15) is 0 Å². The number of furan rings is 1. The fraction of sp³-hybridized carbons (Fsp3) is 0.0263. The molecule has 13 aromatic carbocycles. The Balaban J connectivity index is 0.958. The van der Waals surface area contributed by atoms with Gasteiger partial charge in [0.1, 0.15) is 5.58 Å². The minimum absolute atomic E-state index is 0.517. The van der Waals surface area contributed by atoms with Crippen LogP contribution in [0.4, 0.5) is 17.1 Å². The lowest BCUT2D eigenvalue weighted by Gasteiger charge is -2.35. The maximum atomic E-state index is 5.72. The molecule has 0 bridgehead atoms. The molecule has 1 aromatic heterocycles. The first-order chi connectivity index (χ1) is 38.7. The molecule has 0 radical (unpaired) electrons. The van der Waals surface area contributed by atoms with E-state index < -0.39 is 10.8 Å². The van der Waals surface area contributed by atoms with Crippen molar-refractivity contribution in [2.75, 3.05) is 4.90 Å². The average molecular weight is 992 g/mol. The number of hydrogen-bond acceptors (Lipinski definition) is 2. The van der Waals surface area contributed by atoms with Crippen molar-refractivity contribution < 1.29 is 4.42 Å². The molecule has 364 valence electrons. The molecule has 0 aliphatic heterocycles. The summed E-state index contributed by atoms with van der Waals surface area (Å²) in [6.45, 7) is 0. The second-order valence-corrected chi connectivity index (χ2v) is 21.1. The first kappa shape index (κ1) is 44.3. The molecule has 1 heterocycles. The number of anilines is 3. The van der Waals surface area contributed by atoms with Gasteiger partial charge in [-0.25, -0.2) is 0 Å². The van der Waals surface area contributed by atoms with E-state index in [9.17, 15) is 0 Å². The summed E-state index contributed by atoms with van der Waals surface area (Å²) >= 11 is 0. The normalized spacial score (nSPS) is 13.6. The molecular formula is C76H49NO. The van der Waals surface area contributed by atoms with Crippen LogP contribution in [-0.4, -0.2) is 0 Å². The maximum absolute atomic E-state index is 5.72. The molecule has 0 fully saturated rings. The Hall–Kier alpha value is -10.0. The molecule has 16 rings (SSSR count). The molecule has 0 N–H and O–H groups in total. The van der Waals surface area contributed by atoms with E-state index in [1.165, 1.54) is 110 Å². The van der Waals surface area contributed by atoms with E-state index in [0.717, 1.165) is 28.0 Å². The SMILES string of the molecule is c1ccc(C2(c3ccccc3)c3ccccc3-c3cc(N(c4ccc5c(c4)C(c4ccccc4)(c4ccccc4)c4ccccc4-5)c4ccc5c6ccc(-c7ccc8occc8c7)cc6c6ccccc6c5c4)ccc32)cc1. The Kier molecular flexibility index (Phi) is 9.80. The van der Waals surface area contributed by atoms with Crippen molar-refractivity contribution in [2.24, 2.45) is 0 Å². The molecule has 0 amide bonds. The van der Waals surface area contributed by atoms with E-state index in [1.807, 2.05) is 6.07 Å². The molecule has 2 heteroatoms. The quantitative estimate of drug-likeness (QED) is 0.141. The largest absolute Gasteiger partial charge is 0.464 e. The van der Waals surface area contributed by atoms with Gasteiger partial charge in [0.05, 0.1) is 17.1 Å². The van der Waals surface area contributed by atoms with Crippen LogP contribution >= 0.6 is 0 Å². The third-order valence-electron chi connectivity index (χ3n) is 17.3. The zero-order valence-electron chi connectivity index (χ0n) is 42.6. The van der Waals surface area contributed by atoms with Crippen LogP contribution in [0.5, 0.6) is 0 Å². The van der Waals surface area contributed by atoms with E-state index in [2.05, 4.69) is 290 Å². The third kappa shape index (κ3) is 6.32. The van der Waals surface area contributed by atoms with Crippen LogP contribution in [-0.2, 0) is 10.8 Å². The molecule has 0 unspecified atom stereocenters. The second kappa shape index (κ2) is 17.3. The molecule has 0 atom stereocenters. The first-order valence-electron chi connectivity index (χ1n) is 27.0. The molecule has 2 aliphatic rings. The molecule has 2 nitrogen and oxygen atoms in total. The summed E-state index contributed by atoms with van der Waals surface area (Å²) in [5.74, 6) is 0. The van der Waals surface area contributed by atoms with E-state index in [1.54, 1.807) is 6.26 Å². The van der Waals surface area contributed by atoms with Crippen molar-refractivity contribution in [1.82, 2.24) is 0 Å². The van der Waals surface area contributed by atoms with Gasteiger partial charge in [0.2, 0.25) is 0 Å². The van der Waals surface area contributed by atoms with Crippen molar-refractivity contribution in [3.63, 3.8) is 0 Å². The molecule has 0 spiro atoms. The molecule has 0 saturated carbocycles. The van der Waals surface area contributed by atoms with Crippen LogP contribution in [0.3, 0.4) is 0 Å². The fourth-order valence-electron chi connectivity index (χ4n) is 14.0. The summed E-state index contributed by atoms with van der Waals surface area (Å²) in [5.41, 5.74) is 20.5. The van der Waals surface area contributed by atoms with Gasteiger partial charge in [-0.3, -0.25) is 0 Å². The summed E-state index contributed by atoms with van der Waals surface area (Å²) in [4.78, 5) is 2.52. The van der Waals surface area contributed by atoms with Gasteiger partial charge in [-0.15, -0.1) is 0 Å². The standard InChI is InChI=1S/C76H49NO/c1-5-19-53(20-6-1)75(54-21-7-2-8-22-54)71-32-18-16-30-65(71)69-48-58(37-41-72(69)75)77(59-36-40-66-64-29-15-17-31-70(64)76(73(66)49-59,55-23-9-3-10-24-55)56-25-11-4-12-26-56)57-35-39-63-62-38-33-51(50-34-42-74-52(45-50)43-44-78-74)46-67(62)60-27-13-14-28-61(60)68(63)47-57/h1-49H. The zero-order valence-corrected chi connectivity index (χ0v) is 42.6. The Bertz CT molecular complexity index is 4570. The predicted octanol–water partition coefficient (Wildman–Crippen LogP) is 19.8. The van der Waals surface area contributed by atoms with Gasteiger partial charge in [-0.05, 0) is 171 Å². The Morgan fingerprint density at radius 1 is 0.256 bits per heavy atom. The van der Waals surface area contributed by atoms with Crippen LogP contribution in [0, 0.1) is 0 Å². The lowest BCUT2D eigenvalue weighted by Crippen LogP contribution is -2.29. The van der Waals surface area contributed by atoms with Crippen LogP contribution in [0.25, 0.3) is 76.7 Å². The van der Waals surface area contributed by atoms with Crippen LogP contribution in [0.15, 0.2) is 302 Å². The van der Waals surface area contributed by atoms with Gasteiger partial charge in [0.15, 0.2) is 0 Å². The Morgan fingerprint density at radius 3 is 1.31 bits per heavy atom. The number of benzene rings is 13. The molecule has 0 saturated heterocycles. The van der Waals surface area contributed by atoms with Crippen molar-refractivity contribution in [3.8, 4) is 33.4 Å². The lowest BCUT2D eigenvalue weighted by atomic mass is 9.67. The van der Waals surface area contributed by atoms with E-state index in [-0.39, 0.29) is 0 Å². The minimum Gasteiger partial charge on any atom is -0.464 e. The summed E-state index contributed by atoms with van der Waals surface area (Å²) in [6.07, 6.45) is 1.77. The van der Waals surface area contributed by atoms with Gasteiger partial charge < -0.3 is 9.32 Å². The Labute approximate surface area is 453 Å². The summed E-state index contributed by atoms with van der Waals surface area (Å²) in [7, 11) is 0. The molecule has 2 aliphatic carbocycles. The molecule has 14 aromatic rings. The molecular weight excluding hydrogens is 943 g/mol. The highest BCUT2D eigenvalue weighted by atomic mass is 16.3. The highest BCUT2D eigenvalue weighted by Gasteiger charge is 2.48. The maximum Gasteiger partial charge on any atom is 0.133 e. The second-order valence-electron chi connectivity index (χ2n) is 21.1. The van der Waals surface area contributed by atoms with E-state index in [4.69, 9.17) is 4.42 Å². The highest BCUT2D eigenvalue weighted by Crippen LogP contribution is 2.60. The zero-order chi connectivity index (χ0) is 51.4. The number of fused-ring (bicyclic) bond motifs is 13. The fourth-order valence-corrected chi connectivity index (χ4v) is 14.0. The first-order valence-corrected chi connectivity index (χ1v) is 27.0. The Morgan fingerprint density at radius 2 is 0.679 bits per heavy atom. The van der Waals surface area contributed by atoms with Crippen molar-refractivity contribution in [3.05, 3.63) is 342 Å². The van der Waals surface area contributed by atoms with Crippen molar-refractivity contribution in [1.29, 1.82) is 0 Å². The predicted molar refractivity (Wildman–Crippen MR) is 323 cm³/mol. The topological polar surface area (TPSA) is 16.4 Å². The monoisotopic (exact) mass is 991 g/mol. The minimum atomic E-state index is -0.570. The average Bonchev–Trinajstić information content (AvgIpc) is 3.59. The van der Waals surface area contributed by atoms with Crippen LogP contribution in [0.2, 0.25) is 0 Å². The number of hydrogen-bond donors (Lipinski definition) is 0.